The van der Waals surface area contributed by atoms with E-state index in [4.69, 9.17) is 4.74 Å². The molecule has 0 spiro atoms. The standard InChI is InChI=1S/C24H38O3/c1-3-8-19(25)11-7-12-20-21(24-16-15-23(20)27-24)13-14-22(26)17(2)18-9-5-4-6-10-18/h4-6,9-10,17,19-26H,3,7-8,11-16H2,1-2H3/t17?,19-,20-,21+,22?,23-,24?/m0/s1. The zero-order valence-electron chi connectivity index (χ0n) is 17.1. The maximum atomic E-state index is 10.7. The smallest absolute Gasteiger partial charge is 0.0611 e. The lowest BCUT2D eigenvalue weighted by Gasteiger charge is -2.30. The summed E-state index contributed by atoms with van der Waals surface area (Å²) in [5.74, 6) is 1.38. The number of benzene rings is 1. The molecule has 2 N–H and O–H groups in total. The van der Waals surface area contributed by atoms with Gasteiger partial charge < -0.3 is 14.9 Å². The SMILES string of the molecule is CCC[C@H](O)CCC[C@@H]1[C@@H]2CCC(O2)[C@@H]1CCC(O)C(C)c1ccccc1. The van der Waals surface area contributed by atoms with Crippen LogP contribution in [0.3, 0.4) is 0 Å². The fourth-order valence-electron chi connectivity index (χ4n) is 5.33. The van der Waals surface area contributed by atoms with Gasteiger partial charge in [-0.15, -0.1) is 0 Å². The first-order chi connectivity index (χ1) is 13.1. The van der Waals surface area contributed by atoms with Crippen LogP contribution in [0.5, 0.6) is 0 Å². The van der Waals surface area contributed by atoms with Crippen molar-refractivity contribution in [1.29, 1.82) is 0 Å². The van der Waals surface area contributed by atoms with Crippen LogP contribution in [0.2, 0.25) is 0 Å². The third-order valence-electron chi connectivity index (χ3n) is 6.99. The Kier molecular flexibility index (Phi) is 7.75. The number of hydrogen-bond donors (Lipinski definition) is 2. The number of fused-ring (bicyclic) bond motifs is 2. The molecule has 3 nitrogen and oxygen atoms in total. The van der Waals surface area contributed by atoms with E-state index in [-0.39, 0.29) is 18.1 Å². The molecule has 2 bridgehead atoms. The minimum absolute atomic E-state index is 0.137. The molecule has 2 aliphatic rings. The normalized spacial score (nSPS) is 30.4. The van der Waals surface area contributed by atoms with Crippen LogP contribution >= 0.6 is 0 Å². The van der Waals surface area contributed by atoms with Gasteiger partial charge in [-0.25, -0.2) is 0 Å². The van der Waals surface area contributed by atoms with E-state index in [1.807, 2.05) is 18.2 Å². The van der Waals surface area contributed by atoms with Gasteiger partial charge in [-0.2, -0.15) is 0 Å². The summed E-state index contributed by atoms with van der Waals surface area (Å²) >= 11 is 0. The molecule has 27 heavy (non-hydrogen) atoms. The maximum absolute atomic E-state index is 10.7. The molecule has 7 atom stereocenters. The molecule has 0 saturated carbocycles. The third kappa shape index (κ3) is 5.34. The zero-order valence-corrected chi connectivity index (χ0v) is 17.1. The number of aliphatic hydroxyl groups is 2. The van der Waals surface area contributed by atoms with Gasteiger partial charge in [0.1, 0.15) is 0 Å². The first-order valence-corrected chi connectivity index (χ1v) is 11.2. The summed E-state index contributed by atoms with van der Waals surface area (Å²) in [7, 11) is 0. The number of rotatable bonds is 11. The van der Waals surface area contributed by atoms with Crippen LogP contribution in [0.15, 0.2) is 30.3 Å². The van der Waals surface area contributed by atoms with Crippen molar-refractivity contribution in [2.45, 2.75) is 102 Å². The third-order valence-corrected chi connectivity index (χ3v) is 6.99. The van der Waals surface area contributed by atoms with Gasteiger partial charge in [0.2, 0.25) is 0 Å². The van der Waals surface area contributed by atoms with E-state index in [2.05, 4.69) is 26.0 Å². The highest BCUT2D eigenvalue weighted by molar-refractivity contribution is 5.19. The van der Waals surface area contributed by atoms with E-state index in [1.165, 1.54) is 18.4 Å². The Bertz CT molecular complexity index is 546. The highest BCUT2D eigenvalue weighted by atomic mass is 16.5. The van der Waals surface area contributed by atoms with Crippen molar-refractivity contribution in [3.63, 3.8) is 0 Å². The van der Waals surface area contributed by atoms with Crippen LogP contribution in [-0.4, -0.2) is 34.6 Å². The second-order valence-electron chi connectivity index (χ2n) is 8.84. The number of hydrogen-bond acceptors (Lipinski definition) is 3. The van der Waals surface area contributed by atoms with Crippen LogP contribution in [0, 0.1) is 11.8 Å². The second kappa shape index (κ2) is 10.0. The van der Waals surface area contributed by atoms with Crippen molar-refractivity contribution in [2.24, 2.45) is 11.8 Å². The summed E-state index contributed by atoms with van der Waals surface area (Å²) in [5, 5.41) is 20.7. The van der Waals surface area contributed by atoms with Gasteiger partial charge in [0.05, 0.1) is 24.4 Å². The maximum Gasteiger partial charge on any atom is 0.0611 e. The van der Waals surface area contributed by atoms with E-state index in [1.54, 1.807) is 0 Å². The number of ether oxygens (including phenoxy) is 1. The fraction of sp³-hybridized carbons (Fsp3) is 0.750. The largest absolute Gasteiger partial charge is 0.393 e. The second-order valence-corrected chi connectivity index (χ2v) is 8.84. The Morgan fingerprint density at radius 1 is 0.963 bits per heavy atom. The highest BCUT2D eigenvalue weighted by Gasteiger charge is 2.48. The molecule has 2 heterocycles. The molecule has 2 saturated heterocycles. The van der Waals surface area contributed by atoms with Crippen LogP contribution in [0.1, 0.15) is 83.1 Å². The molecule has 3 heteroatoms. The van der Waals surface area contributed by atoms with Crippen molar-refractivity contribution < 1.29 is 14.9 Å². The van der Waals surface area contributed by atoms with Crippen molar-refractivity contribution in [3.05, 3.63) is 35.9 Å². The molecule has 2 fully saturated rings. The minimum atomic E-state index is -0.293. The molecule has 2 aliphatic heterocycles. The molecule has 1 aromatic carbocycles. The summed E-state index contributed by atoms with van der Waals surface area (Å²) in [6.07, 6.45) is 9.84. The molecule has 0 aliphatic carbocycles. The molecule has 152 valence electrons. The quantitative estimate of drug-likeness (QED) is 0.569. The fourth-order valence-corrected chi connectivity index (χ4v) is 5.33. The predicted octanol–water partition coefficient (Wildman–Crippen LogP) is 5.06. The average Bonchev–Trinajstić information content (AvgIpc) is 3.28. The Hall–Kier alpha value is -0.900. The molecule has 0 aromatic heterocycles. The van der Waals surface area contributed by atoms with Crippen LogP contribution in [-0.2, 0) is 4.74 Å². The Morgan fingerprint density at radius 3 is 2.30 bits per heavy atom. The lowest BCUT2D eigenvalue weighted by molar-refractivity contribution is 0.0812. The summed E-state index contributed by atoms with van der Waals surface area (Å²) in [4.78, 5) is 0. The van der Waals surface area contributed by atoms with Crippen LogP contribution in [0.4, 0.5) is 0 Å². The molecule has 0 amide bonds. The van der Waals surface area contributed by atoms with Gasteiger partial charge in [-0.05, 0) is 62.3 Å². The molecule has 0 radical (unpaired) electrons. The van der Waals surface area contributed by atoms with Crippen LogP contribution < -0.4 is 0 Å². The summed E-state index contributed by atoms with van der Waals surface area (Å²) in [6, 6.07) is 10.3. The monoisotopic (exact) mass is 374 g/mol. The molecular weight excluding hydrogens is 336 g/mol. The van der Waals surface area contributed by atoms with Gasteiger partial charge in [0.25, 0.3) is 0 Å². The molecule has 3 unspecified atom stereocenters. The molecule has 3 rings (SSSR count). The van der Waals surface area contributed by atoms with Gasteiger partial charge in [0.15, 0.2) is 0 Å². The molecule has 1 aromatic rings. The Labute approximate surface area is 165 Å². The van der Waals surface area contributed by atoms with Crippen molar-refractivity contribution in [3.8, 4) is 0 Å². The van der Waals surface area contributed by atoms with Gasteiger partial charge >= 0.3 is 0 Å². The van der Waals surface area contributed by atoms with Crippen molar-refractivity contribution >= 4 is 0 Å². The van der Waals surface area contributed by atoms with Gasteiger partial charge in [-0.1, -0.05) is 57.0 Å². The zero-order chi connectivity index (χ0) is 19.2. The Morgan fingerprint density at radius 2 is 1.63 bits per heavy atom. The average molecular weight is 375 g/mol. The van der Waals surface area contributed by atoms with Gasteiger partial charge in [-0.3, -0.25) is 0 Å². The number of aliphatic hydroxyl groups excluding tert-OH is 2. The lowest BCUT2D eigenvalue weighted by Crippen LogP contribution is -2.29. The van der Waals surface area contributed by atoms with Crippen molar-refractivity contribution in [1.82, 2.24) is 0 Å². The van der Waals surface area contributed by atoms with Crippen molar-refractivity contribution in [2.75, 3.05) is 0 Å². The summed E-state index contributed by atoms with van der Waals surface area (Å²) in [5.41, 5.74) is 1.22. The van der Waals surface area contributed by atoms with E-state index < -0.39 is 0 Å². The summed E-state index contributed by atoms with van der Waals surface area (Å²) in [6.45, 7) is 4.26. The van der Waals surface area contributed by atoms with E-state index >= 15 is 0 Å². The van der Waals surface area contributed by atoms with E-state index in [9.17, 15) is 10.2 Å². The van der Waals surface area contributed by atoms with Gasteiger partial charge in [0, 0.05) is 5.92 Å². The van der Waals surface area contributed by atoms with E-state index in [0.717, 1.165) is 44.9 Å². The first-order valence-electron chi connectivity index (χ1n) is 11.2. The topological polar surface area (TPSA) is 49.7 Å². The molecular formula is C24H38O3. The Balaban J connectivity index is 1.48. The first kappa shape index (κ1) is 20.8. The summed E-state index contributed by atoms with van der Waals surface area (Å²) < 4.78 is 6.24. The lowest BCUT2D eigenvalue weighted by atomic mass is 9.73. The van der Waals surface area contributed by atoms with E-state index in [0.29, 0.717) is 24.0 Å². The van der Waals surface area contributed by atoms with Crippen LogP contribution in [0.25, 0.3) is 0 Å². The minimum Gasteiger partial charge on any atom is -0.393 e. The highest BCUT2D eigenvalue weighted by Crippen LogP contribution is 2.48. The predicted molar refractivity (Wildman–Crippen MR) is 110 cm³/mol.